The number of benzene rings is 1. The first kappa shape index (κ1) is 16.6. The van der Waals surface area contributed by atoms with Gasteiger partial charge >= 0.3 is 0 Å². The fourth-order valence-corrected chi connectivity index (χ4v) is 4.92. The first-order valence-corrected chi connectivity index (χ1v) is 9.86. The van der Waals surface area contributed by atoms with Gasteiger partial charge in [-0.05, 0) is 43.7 Å². The van der Waals surface area contributed by atoms with Crippen LogP contribution in [0, 0.1) is 5.92 Å². The summed E-state index contributed by atoms with van der Waals surface area (Å²) >= 11 is 0. The number of hydrogen-bond donors (Lipinski definition) is 3. The Morgan fingerprint density at radius 2 is 1.92 bits per heavy atom. The van der Waals surface area contributed by atoms with Gasteiger partial charge in [-0.3, -0.25) is 4.79 Å². The average molecular weight is 342 g/mol. The molecule has 4 rings (SSSR count). The van der Waals surface area contributed by atoms with Gasteiger partial charge in [0, 0.05) is 25.7 Å². The van der Waals surface area contributed by atoms with Crippen LogP contribution in [0.2, 0.25) is 0 Å². The fraction of sp³-hybridized carbons (Fsp3) is 0.650. The Hall–Kier alpha value is -1.91. The molecule has 25 heavy (non-hydrogen) atoms. The van der Waals surface area contributed by atoms with Crippen LogP contribution in [0.5, 0.6) is 0 Å². The molecule has 0 bridgehead atoms. The summed E-state index contributed by atoms with van der Waals surface area (Å²) in [5, 5.41) is 6.42. The third-order valence-corrected chi connectivity index (χ3v) is 6.38. The monoisotopic (exact) mass is 342 g/mol. The first-order chi connectivity index (χ1) is 12.2. The van der Waals surface area contributed by atoms with Crippen molar-refractivity contribution >= 4 is 23.0 Å². The summed E-state index contributed by atoms with van der Waals surface area (Å²) in [6.07, 6.45) is 9.80. The van der Waals surface area contributed by atoms with Gasteiger partial charge in [-0.2, -0.15) is 0 Å². The molecule has 5 nitrogen and oxygen atoms in total. The Morgan fingerprint density at radius 3 is 2.64 bits per heavy atom. The number of rotatable bonds is 4. The maximum absolute atomic E-state index is 13.0. The lowest BCUT2D eigenvalue weighted by molar-refractivity contribution is 0.0927. The van der Waals surface area contributed by atoms with E-state index in [9.17, 15) is 4.79 Å². The molecule has 3 aliphatic rings. The largest absolute Gasteiger partial charge is 0.397 e. The molecule has 0 aromatic heterocycles. The van der Waals surface area contributed by atoms with E-state index in [1.54, 1.807) is 0 Å². The molecule has 5 heteroatoms. The minimum absolute atomic E-state index is 0.0395. The van der Waals surface area contributed by atoms with E-state index in [0.29, 0.717) is 17.8 Å². The second-order valence-electron chi connectivity index (χ2n) is 7.93. The van der Waals surface area contributed by atoms with Gasteiger partial charge in [0.05, 0.1) is 22.6 Å². The van der Waals surface area contributed by atoms with Gasteiger partial charge in [0.1, 0.15) is 0 Å². The quantitative estimate of drug-likeness (QED) is 0.734. The molecule has 1 saturated heterocycles. The fourth-order valence-electron chi connectivity index (χ4n) is 4.92. The van der Waals surface area contributed by atoms with E-state index >= 15 is 0 Å². The normalized spacial score (nSPS) is 26.0. The lowest BCUT2D eigenvalue weighted by Crippen LogP contribution is -2.54. The van der Waals surface area contributed by atoms with Gasteiger partial charge in [-0.25, -0.2) is 0 Å². The van der Waals surface area contributed by atoms with Gasteiger partial charge in [-0.15, -0.1) is 0 Å². The van der Waals surface area contributed by atoms with Crippen molar-refractivity contribution in [2.75, 3.05) is 29.5 Å². The Kier molecular flexibility index (Phi) is 4.48. The standard InChI is InChI=1S/C20H30N4O/c1-22-17-11-19(24-12-13-6-5-9-18(13)24)15(10-16(17)21)20(25)23-14-7-3-2-4-8-14/h10-11,13-14,18,22H,2-9,12,21H2,1H3,(H,23,25). The number of anilines is 3. The summed E-state index contributed by atoms with van der Waals surface area (Å²) in [6.45, 7) is 1.07. The molecule has 2 saturated carbocycles. The molecule has 2 atom stereocenters. The Labute approximate surface area is 150 Å². The number of fused-ring (bicyclic) bond motifs is 1. The number of amides is 1. The summed E-state index contributed by atoms with van der Waals surface area (Å²) in [7, 11) is 1.88. The van der Waals surface area contributed by atoms with Crippen LogP contribution in [0.3, 0.4) is 0 Å². The minimum atomic E-state index is 0.0395. The highest BCUT2D eigenvalue weighted by molar-refractivity contribution is 6.02. The molecule has 1 heterocycles. The van der Waals surface area contributed by atoms with Crippen LogP contribution in [0.1, 0.15) is 61.7 Å². The Morgan fingerprint density at radius 1 is 1.12 bits per heavy atom. The molecule has 2 aliphatic carbocycles. The smallest absolute Gasteiger partial charge is 0.253 e. The summed E-state index contributed by atoms with van der Waals surface area (Å²) in [5.74, 6) is 0.850. The molecule has 3 fully saturated rings. The van der Waals surface area contributed by atoms with Gasteiger partial charge in [0.2, 0.25) is 0 Å². The van der Waals surface area contributed by atoms with Crippen LogP contribution in [-0.4, -0.2) is 31.6 Å². The summed E-state index contributed by atoms with van der Waals surface area (Å²) < 4.78 is 0. The second-order valence-corrected chi connectivity index (χ2v) is 7.93. The van der Waals surface area contributed by atoms with Crippen LogP contribution in [0.25, 0.3) is 0 Å². The van der Waals surface area contributed by atoms with Gasteiger partial charge in [-0.1, -0.05) is 25.7 Å². The molecule has 0 radical (unpaired) electrons. The van der Waals surface area contributed by atoms with Crippen LogP contribution >= 0.6 is 0 Å². The van der Waals surface area contributed by atoms with Crippen molar-refractivity contribution in [3.8, 4) is 0 Å². The van der Waals surface area contributed by atoms with Gasteiger partial charge < -0.3 is 21.3 Å². The lowest BCUT2D eigenvalue weighted by Gasteiger charge is -2.47. The predicted molar refractivity (Wildman–Crippen MR) is 103 cm³/mol. The zero-order chi connectivity index (χ0) is 17.4. The van der Waals surface area contributed by atoms with Crippen molar-refractivity contribution < 1.29 is 4.79 Å². The molecular formula is C20H30N4O. The van der Waals surface area contributed by atoms with E-state index in [4.69, 9.17) is 5.73 Å². The number of carbonyl (C=O) groups is 1. The van der Waals surface area contributed by atoms with Crippen molar-refractivity contribution in [2.24, 2.45) is 5.92 Å². The van der Waals surface area contributed by atoms with E-state index < -0.39 is 0 Å². The van der Waals surface area contributed by atoms with E-state index in [-0.39, 0.29) is 5.91 Å². The molecule has 136 valence electrons. The van der Waals surface area contributed by atoms with E-state index in [1.807, 2.05) is 13.1 Å². The molecule has 1 aromatic rings. The molecule has 0 spiro atoms. The summed E-state index contributed by atoms with van der Waals surface area (Å²) in [5.41, 5.74) is 9.52. The number of hydrogen-bond acceptors (Lipinski definition) is 4. The third-order valence-electron chi connectivity index (χ3n) is 6.38. The highest BCUT2D eigenvalue weighted by atomic mass is 16.1. The topological polar surface area (TPSA) is 70.4 Å². The highest BCUT2D eigenvalue weighted by Gasteiger charge is 2.43. The summed E-state index contributed by atoms with van der Waals surface area (Å²) in [4.78, 5) is 15.4. The third kappa shape index (κ3) is 3.05. The van der Waals surface area contributed by atoms with Crippen LogP contribution < -0.4 is 21.3 Å². The second kappa shape index (κ2) is 6.77. The maximum Gasteiger partial charge on any atom is 0.253 e. The zero-order valence-corrected chi connectivity index (χ0v) is 15.2. The number of nitrogens with zero attached hydrogens (tertiary/aromatic N) is 1. The molecule has 2 unspecified atom stereocenters. The first-order valence-electron chi connectivity index (χ1n) is 9.86. The van der Waals surface area contributed by atoms with Crippen molar-refractivity contribution in [2.45, 2.75) is 63.5 Å². The zero-order valence-electron chi connectivity index (χ0n) is 15.2. The number of nitrogen functional groups attached to an aromatic ring is 1. The number of nitrogens with two attached hydrogens (primary N) is 1. The van der Waals surface area contributed by atoms with Gasteiger partial charge in [0.25, 0.3) is 5.91 Å². The van der Waals surface area contributed by atoms with Crippen molar-refractivity contribution in [1.29, 1.82) is 0 Å². The minimum Gasteiger partial charge on any atom is -0.397 e. The maximum atomic E-state index is 13.0. The van der Waals surface area contributed by atoms with E-state index in [2.05, 4.69) is 21.6 Å². The van der Waals surface area contributed by atoms with Crippen LogP contribution in [-0.2, 0) is 0 Å². The van der Waals surface area contributed by atoms with E-state index in [0.717, 1.165) is 42.2 Å². The van der Waals surface area contributed by atoms with Crippen molar-refractivity contribution in [1.82, 2.24) is 5.32 Å². The highest BCUT2D eigenvalue weighted by Crippen LogP contribution is 2.44. The molecule has 4 N–H and O–H groups in total. The van der Waals surface area contributed by atoms with Crippen molar-refractivity contribution in [3.63, 3.8) is 0 Å². The molecule has 1 aliphatic heterocycles. The predicted octanol–water partition coefficient (Wildman–Crippen LogP) is 3.36. The molecule has 1 aromatic carbocycles. The number of nitrogens with one attached hydrogen (secondary N) is 2. The van der Waals surface area contributed by atoms with Crippen LogP contribution in [0.15, 0.2) is 12.1 Å². The SMILES string of the molecule is CNc1cc(N2CC3CCCC32)c(C(=O)NC2CCCCC2)cc1N. The molecule has 1 amide bonds. The number of carbonyl (C=O) groups excluding carboxylic acids is 1. The molecular weight excluding hydrogens is 312 g/mol. The average Bonchev–Trinajstić information content (AvgIpc) is 2.97. The Bertz CT molecular complexity index is 653. The lowest BCUT2D eigenvalue weighted by atomic mass is 9.89. The van der Waals surface area contributed by atoms with Gasteiger partial charge in [0.15, 0.2) is 0 Å². The summed E-state index contributed by atoms with van der Waals surface area (Å²) in [6, 6.07) is 4.85. The van der Waals surface area contributed by atoms with Crippen LogP contribution in [0.4, 0.5) is 17.1 Å². The van der Waals surface area contributed by atoms with Crippen molar-refractivity contribution in [3.05, 3.63) is 17.7 Å². The Balaban J connectivity index is 1.60. The van der Waals surface area contributed by atoms with E-state index in [1.165, 1.54) is 38.5 Å².